The molecule has 3 aliphatic rings. The summed E-state index contributed by atoms with van der Waals surface area (Å²) in [5, 5.41) is 15.8. The molecule has 0 aromatic heterocycles. The third kappa shape index (κ3) is 3.34. The fourth-order valence-electron chi connectivity index (χ4n) is 6.04. The number of thioether (sulfide) groups is 1. The molecular weight excluding hydrogens is 426 g/mol. The summed E-state index contributed by atoms with van der Waals surface area (Å²) in [6, 6.07) is 5.11. The van der Waals surface area contributed by atoms with Gasteiger partial charge in [0, 0.05) is 23.5 Å². The van der Waals surface area contributed by atoms with Crippen molar-refractivity contribution in [2.75, 3.05) is 25.0 Å². The number of likely N-dealkylation sites (tertiary alicyclic amines) is 1. The molecule has 3 heterocycles. The van der Waals surface area contributed by atoms with Gasteiger partial charge in [-0.05, 0) is 51.2 Å². The number of aliphatic hydroxyl groups excluding tert-OH is 1. The third-order valence-corrected chi connectivity index (χ3v) is 9.41. The minimum Gasteiger partial charge on any atom is -0.395 e. The Labute approximate surface area is 193 Å². The Hall–Kier alpha value is -2.06. The predicted molar refractivity (Wildman–Crippen MR) is 125 cm³/mol. The van der Waals surface area contributed by atoms with E-state index in [1.807, 2.05) is 39.0 Å². The fourth-order valence-corrected chi connectivity index (χ4v) is 8.39. The van der Waals surface area contributed by atoms with Gasteiger partial charge in [-0.15, -0.1) is 11.8 Å². The lowest BCUT2D eigenvalue weighted by Crippen LogP contribution is -2.52. The maximum Gasteiger partial charge on any atom is 0.248 e. The summed E-state index contributed by atoms with van der Waals surface area (Å²) < 4.78 is -1.03. The summed E-state index contributed by atoms with van der Waals surface area (Å²) in [4.78, 5) is 42.0. The maximum absolute atomic E-state index is 13.7. The van der Waals surface area contributed by atoms with Crippen molar-refractivity contribution in [2.24, 2.45) is 11.8 Å². The Morgan fingerprint density at radius 1 is 1.22 bits per heavy atom. The molecule has 8 heteroatoms. The first-order valence-corrected chi connectivity index (χ1v) is 12.3. The number of amides is 3. The van der Waals surface area contributed by atoms with Crippen LogP contribution < -0.4 is 10.6 Å². The van der Waals surface area contributed by atoms with Gasteiger partial charge in [-0.25, -0.2) is 0 Å². The molecule has 32 heavy (non-hydrogen) atoms. The Kier molecular flexibility index (Phi) is 6.05. The number of aryl methyl sites for hydroxylation is 2. The molecule has 3 saturated heterocycles. The summed E-state index contributed by atoms with van der Waals surface area (Å²) >= 11 is 1.64. The van der Waals surface area contributed by atoms with Crippen LogP contribution in [-0.2, 0) is 14.4 Å². The Bertz CT molecular complexity index is 933. The first-order chi connectivity index (χ1) is 15.2. The summed E-state index contributed by atoms with van der Waals surface area (Å²) in [6.45, 7) is 8.38. The lowest BCUT2D eigenvalue weighted by Gasteiger charge is -2.35. The molecule has 3 fully saturated rings. The minimum atomic E-state index is -0.720. The number of hydrogen-bond donors (Lipinski definition) is 3. The summed E-state index contributed by atoms with van der Waals surface area (Å²) in [5.41, 5.74) is 2.67. The second-order valence-electron chi connectivity index (χ2n) is 9.53. The van der Waals surface area contributed by atoms with Crippen LogP contribution in [-0.4, -0.2) is 63.0 Å². The standard InChI is InChI=1S/C24H33N3O4S/c1-5-11-25-20(29)16-17-22(31)27(12-13-28)19(24(17)10-9-23(16,4)32-24)21(30)26-18-14(2)7-6-8-15(18)3/h6-8,16-17,19,28H,5,9-13H2,1-4H3,(H,25,29)(H,26,30)/t16-,17+,19?,23+,24?/m1/s1. The molecule has 2 bridgehead atoms. The van der Waals surface area contributed by atoms with Crippen LogP contribution in [0.1, 0.15) is 44.2 Å². The molecule has 0 aliphatic carbocycles. The molecule has 7 nitrogen and oxygen atoms in total. The van der Waals surface area contributed by atoms with Gasteiger partial charge < -0.3 is 20.6 Å². The molecule has 0 saturated carbocycles. The zero-order valence-electron chi connectivity index (χ0n) is 19.2. The number of β-amino-alcohol motifs (C(OH)–C–C–N with tert-alkyl or cyclic N) is 1. The van der Waals surface area contributed by atoms with E-state index in [4.69, 9.17) is 0 Å². The molecule has 1 spiro atoms. The van der Waals surface area contributed by atoms with E-state index in [0.29, 0.717) is 13.0 Å². The normalized spacial score (nSPS) is 32.8. The number of hydrogen-bond acceptors (Lipinski definition) is 5. The first-order valence-electron chi connectivity index (χ1n) is 11.5. The highest BCUT2D eigenvalue weighted by molar-refractivity contribution is 8.02. The Morgan fingerprint density at radius 3 is 2.53 bits per heavy atom. The first kappa shape index (κ1) is 23.1. The number of fused-ring (bicyclic) bond motifs is 1. The van der Waals surface area contributed by atoms with E-state index in [1.165, 1.54) is 4.90 Å². The van der Waals surface area contributed by atoms with Crippen LogP contribution in [0.5, 0.6) is 0 Å². The number of benzene rings is 1. The molecule has 1 aromatic carbocycles. The highest BCUT2D eigenvalue weighted by Gasteiger charge is 2.77. The summed E-state index contributed by atoms with van der Waals surface area (Å²) in [7, 11) is 0. The topological polar surface area (TPSA) is 98.7 Å². The van der Waals surface area contributed by atoms with Crippen LogP contribution >= 0.6 is 11.8 Å². The molecule has 3 aliphatic heterocycles. The van der Waals surface area contributed by atoms with Gasteiger partial charge in [-0.2, -0.15) is 0 Å². The zero-order chi connectivity index (χ0) is 23.3. The third-order valence-electron chi connectivity index (χ3n) is 7.43. The molecule has 174 valence electrons. The van der Waals surface area contributed by atoms with E-state index in [9.17, 15) is 19.5 Å². The predicted octanol–water partition coefficient (Wildman–Crippen LogP) is 2.24. The van der Waals surface area contributed by atoms with E-state index >= 15 is 0 Å². The van der Waals surface area contributed by atoms with Gasteiger partial charge in [0.2, 0.25) is 17.7 Å². The largest absolute Gasteiger partial charge is 0.395 e. The van der Waals surface area contributed by atoms with Crippen LogP contribution in [0.15, 0.2) is 18.2 Å². The number of para-hydroxylation sites is 1. The van der Waals surface area contributed by atoms with Crippen LogP contribution in [0.3, 0.4) is 0 Å². The second-order valence-corrected chi connectivity index (χ2v) is 11.4. The minimum absolute atomic E-state index is 0.0858. The van der Waals surface area contributed by atoms with Crippen LogP contribution in [0.25, 0.3) is 0 Å². The molecule has 2 unspecified atom stereocenters. The molecule has 5 atom stereocenters. The van der Waals surface area contributed by atoms with Crippen LogP contribution in [0.2, 0.25) is 0 Å². The number of nitrogens with zero attached hydrogens (tertiary/aromatic N) is 1. The number of anilines is 1. The van der Waals surface area contributed by atoms with Crippen molar-refractivity contribution in [1.82, 2.24) is 10.2 Å². The molecule has 3 amide bonds. The van der Waals surface area contributed by atoms with Gasteiger partial charge in [0.05, 0.1) is 23.2 Å². The number of carbonyl (C=O) groups excluding carboxylic acids is 3. The Balaban J connectivity index is 1.72. The Morgan fingerprint density at radius 2 is 1.91 bits per heavy atom. The van der Waals surface area contributed by atoms with E-state index in [-0.39, 0.29) is 35.6 Å². The van der Waals surface area contributed by atoms with Crippen LogP contribution in [0, 0.1) is 25.7 Å². The average Bonchev–Trinajstić information content (AvgIpc) is 3.30. The monoisotopic (exact) mass is 459 g/mol. The fraction of sp³-hybridized carbons (Fsp3) is 0.625. The molecule has 1 aromatic rings. The van der Waals surface area contributed by atoms with Crippen molar-refractivity contribution < 1.29 is 19.5 Å². The van der Waals surface area contributed by atoms with E-state index < -0.39 is 22.6 Å². The second kappa shape index (κ2) is 8.37. The summed E-state index contributed by atoms with van der Waals surface area (Å²) in [6.07, 6.45) is 2.31. The van der Waals surface area contributed by atoms with Gasteiger partial charge >= 0.3 is 0 Å². The number of nitrogens with one attached hydrogen (secondary N) is 2. The van der Waals surface area contributed by atoms with Crippen molar-refractivity contribution in [3.63, 3.8) is 0 Å². The van der Waals surface area contributed by atoms with Crippen molar-refractivity contribution in [3.8, 4) is 0 Å². The van der Waals surface area contributed by atoms with E-state index in [0.717, 1.165) is 29.7 Å². The maximum atomic E-state index is 13.7. The van der Waals surface area contributed by atoms with Crippen molar-refractivity contribution in [2.45, 2.75) is 62.5 Å². The van der Waals surface area contributed by atoms with Crippen LogP contribution in [0.4, 0.5) is 5.69 Å². The quantitative estimate of drug-likeness (QED) is 0.581. The molecule has 0 radical (unpaired) electrons. The zero-order valence-corrected chi connectivity index (χ0v) is 20.1. The highest BCUT2D eigenvalue weighted by atomic mass is 32.2. The summed E-state index contributed by atoms with van der Waals surface area (Å²) in [5.74, 6) is -1.55. The van der Waals surface area contributed by atoms with E-state index in [2.05, 4.69) is 17.6 Å². The van der Waals surface area contributed by atoms with E-state index in [1.54, 1.807) is 11.8 Å². The van der Waals surface area contributed by atoms with Gasteiger partial charge in [-0.3, -0.25) is 14.4 Å². The highest BCUT2D eigenvalue weighted by Crippen LogP contribution is 2.71. The number of rotatable bonds is 7. The SMILES string of the molecule is CCCNC(=O)[C@H]1[C@H]2C(=O)N(CCO)C(C(=O)Nc3c(C)cccc3C)C23CC[C@]1(C)S3. The van der Waals surface area contributed by atoms with Gasteiger partial charge in [0.15, 0.2) is 0 Å². The smallest absolute Gasteiger partial charge is 0.248 e. The molecular formula is C24H33N3O4S. The number of carbonyl (C=O) groups is 3. The molecule has 4 rings (SSSR count). The van der Waals surface area contributed by atoms with Gasteiger partial charge in [0.1, 0.15) is 6.04 Å². The van der Waals surface area contributed by atoms with Crippen molar-refractivity contribution >= 4 is 35.2 Å². The van der Waals surface area contributed by atoms with Crippen molar-refractivity contribution in [3.05, 3.63) is 29.3 Å². The lowest BCUT2D eigenvalue weighted by atomic mass is 9.66. The lowest BCUT2D eigenvalue weighted by molar-refractivity contribution is -0.140. The van der Waals surface area contributed by atoms with Gasteiger partial charge in [0.25, 0.3) is 0 Å². The number of aliphatic hydroxyl groups is 1. The van der Waals surface area contributed by atoms with Crippen molar-refractivity contribution in [1.29, 1.82) is 0 Å². The van der Waals surface area contributed by atoms with Gasteiger partial charge in [-0.1, -0.05) is 25.1 Å². The molecule has 3 N–H and O–H groups in total. The average molecular weight is 460 g/mol.